The minimum absolute atomic E-state index is 0.00789. The summed E-state index contributed by atoms with van der Waals surface area (Å²) in [5, 5.41) is 0. The first-order chi connectivity index (χ1) is 11.2. The summed E-state index contributed by atoms with van der Waals surface area (Å²) in [5.74, 6) is 1.11. The van der Waals surface area contributed by atoms with Gasteiger partial charge in [-0.2, -0.15) is 0 Å². The van der Waals surface area contributed by atoms with E-state index in [4.69, 9.17) is 4.74 Å². The van der Waals surface area contributed by atoms with E-state index in [2.05, 4.69) is 58.1 Å². The highest BCUT2D eigenvalue weighted by Crippen LogP contribution is 2.42. The summed E-state index contributed by atoms with van der Waals surface area (Å²) in [6.45, 7) is 13.0. The number of hydrogen-bond donors (Lipinski definition) is 0. The van der Waals surface area contributed by atoms with Crippen LogP contribution >= 0.6 is 0 Å². The molecule has 0 radical (unpaired) electrons. The van der Waals surface area contributed by atoms with Crippen molar-refractivity contribution in [1.29, 1.82) is 0 Å². The predicted octanol–water partition coefficient (Wildman–Crippen LogP) is 5.71. The van der Waals surface area contributed by atoms with E-state index in [1.807, 2.05) is 13.8 Å². The summed E-state index contributed by atoms with van der Waals surface area (Å²) in [7, 11) is 0. The molecule has 0 heterocycles. The highest BCUT2D eigenvalue weighted by molar-refractivity contribution is 5.72. The number of hydrogen-bond acceptors (Lipinski definition) is 2. The third kappa shape index (κ3) is 4.62. The molecule has 0 aromatic carbocycles. The summed E-state index contributed by atoms with van der Waals surface area (Å²) in [5.41, 5.74) is 1.52. The zero-order valence-corrected chi connectivity index (χ0v) is 16.2. The Morgan fingerprint density at radius 1 is 1.42 bits per heavy atom. The molecule has 0 spiro atoms. The van der Waals surface area contributed by atoms with Crippen LogP contribution in [0.2, 0.25) is 0 Å². The average Bonchev–Trinajstić information content (AvgIpc) is 2.52. The first-order valence-electron chi connectivity index (χ1n) is 9.51. The fraction of sp³-hybridized carbons (Fsp3) is 0.682. The third-order valence-electron chi connectivity index (χ3n) is 5.33. The van der Waals surface area contributed by atoms with E-state index in [-0.39, 0.29) is 23.4 Å². The largest absolute Gasteiger partial charge is 0.461 e. The lowest BCUT2D eigenvalue weighted by molar-refractivity contribution is -0.157. The molecule has 2 nitrogen and oxygen atoms in total. The van der Waals surface area contributed by atoms with Crippen LogP contribution in [0, 0.1) is 29.1 Å². The van der Waals surface area contributed by atoms with Crippen LogP contribution in [0.15, 0.2) is 36.0 Å². The summed E-state index contributed by atoms with van der Waals surface area (Å²) in [6, 6.07) is 0. The number of allylic oxidation sites excluding steroid dienone is 5. The van der Waals surface area contributed by atoms with Crippen molar-refractivity contribution < 1.29 is 9.53 Å². The summed E-state index contributed by atoms with van der Waals surface area (Å²) >= 11 is 0. The third-order valence-corrected chi connectivity index (χ3v) is 5.33. The summed E-state index contributed by atoms with van der Waals surface area (Å²) < 4.78 is 5.98. The van der Waals surface area contributed by atoms with Gasteiger partial charge in [-0.15, -0.1) is 0 Å². The molecule has 0 unspecified atom stereocenters. The molecular formula is C22H34O2. The molecule has 24 heavy (non-hydrogen) atoms. The molecule has 0 N–H and O–H groups in total. The molecule has 0 saturated heterocycles. The smallest absolute Gasteiger partial charge is 0.308 e. The Bertz CT molecular complexity index is 533. The van der Waals surface area contributed by atoms with E-state index in [0.717, 1.165) is 19.3 Å². The van der Waals surface area contributed by atoms with Crippen molar-refractivity contribution in [3.05, 3.63) is 36.0 Å². The van der Waals surface area contributed by atoms with Crippen molar-refractivity contribution >= 4 is 5.97 Å². The monoisotopic (exact) mass is 330 g/mol. The summed E-state index contributed by atoms with van der Waals surface area (Å²) in [4.78, 5) is 12.3. The molecular weight excluding hydrogens is 296 g/mol. The zero-order chi connectivity index (χ0) is 17.9. The Hall–Kier alpha value is -1.31. The lowest BCUT2D eigenvalue weighted by Crippen LogP contribution is -2.39. The highest BCUT2D eigenvalue weighted by Gasteiger charge is 2.39. The van der Waals surface area contributed by atoms with Crippen molar-refractivity contribution in [3.8, 4) is 0 Å². The number of esters is 1. The van der Waals surface area contributed by atoms with Gasteiger partial charge in [0.1, 0.15) is 6.10 Å². The van der Waals surface area contributed by atoms with E-state index in [9.17, 15) is 4.79 Å². The second kappa shape index (κ2) is 7.72. The summed E-state index contributed by atoms with van der Waals surface area (Å²) in [6.07, 6.45) is 14.3. The van der Waals surface area contributed by atoms with Crippen LogP contribution in [0.1, 0.15) is 60.8 Å². The van der Waals surface area contributed by atoms with Crippen molar-refractivity contribution in [2.45, 2.75) is 66.9 Å². The van der Waals surface area contributed by atoms with E-state index in [1.165, 1.54) is 5.57 Å². The topological polar surface area (TPSA) is 26.3 Å². The average molecular weight is 331 g/mol. The molecule has 2 heteroatoms. The molecule has 0 amide bonds. The molecule has 0 saturated carbocycles. The van der Waals surface area contributed by atoms with Crippen molar-refractivity contribution in [3.63, 3.8) is 0 Å². The van der Waals surface area contributed by atoms with Crippen molar-refractivity contribution in [1.82, 2.24) is 0 Å². The molecule has 134 valence electrons. The number of carbonyl (C=O) groups is 1. The van der Waals surface area contributed by atoms with Gasteiger partial charge in [-0.25, -0.2) is 0 Å². The molecule has 0 bridgehead atoms. The van der Waals surface area contributed by atoms with E-state index >= 15 is 0 Å². The number of carbonyl (C=O) groups excluding carboxylic acids is 1. The first-order valence-corrected chi connectivity index (χ1v) is 9.51. The number of ether oxygens (including phenoxy) is 1. The van der Waals surface area contributed by atoms with Gasteiger partial charge in [-0.05, 0) is 42.1 Å². The van der Waals surface area contributed by atoms with Crippen LogP contribution in [-0.2, 0) is 9.53 Å². The van der Waals surface area contributed by atoms with Crippen molar-refractivity contribution in [2.24, 2.45) is 29.1 Å². The van der Waals surface area contributed by atoms with Gasteiger partial charge in [0.25, 0.3) is 0 Å². The fourth-order valence-corrected chi connectivity index (χ4v) is 3.57. The van der Waals surface area contributed by atoms with Gasteiger partial charge >= 0.3 is 5.97 Å². The maximum atomic E-state index is 12.3. The number of fused-ring (bicyclic) bond motifs is 1. The van der Waals surface area contributed by atoms with Gasteiger partial charge in [-0.1, -0.05) is 71.9 Å². The molecule has 2 aliphatic rings. The predicted molar refractivity (Wildman–Crippen MR) is 101 cm³/mol. The minimum atomic E-state index is -0.0375. The van der Waals surface area contributed by atoms with Crippen LogP contribution in [-0.4, -0.2) is 12.1 Å². The van der Waals surface area contributed by atoms with E-state index < -0.39 is 0 Å². The molecule has 0 fully saturated rings. The van der Waals surface area contributed by atoms with E-state index in [0.29, 0.717) is 17.8 Å². The Kier molecular flexibility index (Phi) is 6.11. The molecule has 0 aromatic rings. The minimum Gasteiger partial charge on any atom is -0.461 e. The van der Waals surface area contributed by atoms with Gasteiger partial charge in [0.15, 0.2) is 0 Å². The second-order valence-corrected chi connectivity index (χ2v) is 8.61. The van der Waals surface area contributed by atoms with Crippen LogP contribution < -0.4 is 0 Å². The Morgan fingerprint density at radius 3 is 2.75 bits per heavy atom. The highest BCUT2D eigenvalue weighted by atomic mass is 16.5. The number of rotatable bonds is 4. The van der Waals surface area contributed by atoms with Gasteiger partial charge in [0, 0.05) is 5.92 Å². The standard InChI is InChI=1S/C22H34O2/c1-7-15(2)21(23)24-19-10-8-9-17-12-11-16(3)18(20(17)19)13-14-22(4,5)6/h9,11-16,18-20H,7-8,10H2,1-6H3/b14-13+/t15-,16-,18-,19-,20-/m0/s1. The maximum Gasteiger partial charge on any atom is 0.308 e. The maximum absolute atomic E-state index is 12.3. The first kappa shape index (κ1) is 19.0. The van der Waals surface area contributed by atoms with E-state index in [1.54, 1.807) is 0 Å². The normalized spacial score (nSPS) is 31.5. The Labute approximate surface area is 148 Å². The SMILES string of the molecule is CC[C@H](C)C(=O)O[C@H]1CCC=C2C=C[C@H](C)[C@H](/C=C/C(C)(C)C)[C@H]21. The lowest BCUT2D eigenvalue weighted by atomic mass is 9.68. The molecule has 5 atom stereocenters. The van der Waals surface area contributed by atoms with Gasteiger partial charge in [0.2, 0.25) is 0 Å². The van der Waals surface area contributed by atoms with Crippen molar-refractivity contribution in [2.75, 3.05) is 0 Å². The molecule has 0 aromatic heterocycles. The second-order valence-electron chi connectivity index (χ2n) is 8.61. The van der Waals surface area contributed by atoms with Crippen LogP contribution in [0.25, 0.3) is 0 Å². The Morgan fingerprint density at radius 2 is 2.12 bits per heavy atom. The quantitative estimate of drug-likeness (QED) is 0.488. The lowest BCUT2D eigenvalue weighted by Gasteiger charge is -2.40. The van der Waals surface area contributed by atoms with Crippen LogP contribution in [0.3, 0.4) is 0 Å². The van der Waals surface area contributed by atoms with Gasteiger partial charge in [-0.3, -0.25) is 4.79 Å². The fourth-order valence-electron chi connectivity index (χ4n) is 3.57. The zero-order valence-electron chi connectivity index (χ0n) is 16.2. The van der Waals surface area contributed by atoms with Gasteiger partial charge < -0.3 is 4.74 Å². The molecule has 2 rings (SSSR count). The van der Waals surface area contributed by atoms with Crippen LogP contribution in [0.5, 0.6) is 0 Å². The van der Waals surface area contributed by atoms with Crippen LogP contribution in [0.4, 0.5) is 0 Å². The molecule has 2 aliphatic carbocycles. The van der Waals surface area contributed by atoms with Gasteiger partial charge in [0.05, 0.1) is 5.92 Å². The molecule has 0 aliphatic heterocycles. The Balaban J connectivity index is 2.25.